The lowest BCUT2D eigenvalue weighted by Crippen LogP contribution is -1.77. The van der Waals surface area contributed by atoms with Crippen molar-refractivity contribution in [3.8, 4) is 23.7 Å². The van der Waals surface area contributed by atoms with Gasteiger partial charge in [-0.3, -0.25) is 0 Å². The molecule has 0 fully saturated rings. The minimum atomic E-state index is 0.800. The van der Waals surface area contributed by atoms with E-state index in [4.69, 9.17) is 8.83 Å². The fourth-order valence-electron chi connectivity index (χ4n) is 5.19. The summed E-state index contributed by atoms with van der Waals surface area (Å²) in [5.41, 5.74) is 5.31. The maximum atomic E-state index is 6.37. The van der Waals surface area contributed by atoms with E-state index in [1.165, 1.54) is 64.2 Å². The fourth-order valence-corrected chi connectivity index (χ4v) is 5.19. The van der Waals surface area contributed by atoms with Crippen molar-refractivity contribution in [1.82, 2.24) is 0 Å². The standard InChI is InChI=1S/C36H38O2/c1-3-5-7-9-11-13-15-17-27-19-21-29-31-23-24-32-30-22-20-28(18-16-14-12-10-8-6-4-2)26-34(30)38-36(32)35(31)37-33(29)25-27/h19-26H,3-14H2,1-2H3. The van der Waals surface area contributed by atoms with Gasteiger partial charge in [0.25, 0.3) is 0 Å². The van der Waals surface area contributed by atoms with Crippen LogP contribution in [0.25, 0.3) is 43.9 Å². The Hall–Kier alpha value is -3.62. The van der Waals surface area contributed by atoms with E-state index in [0.29, 0.717) is 0 Å². The first-order valence-corrected chi connectivity index (χ1v) is 14.6. The minimum absolute atomic E-state index is 0.800. The number of fused-ring (bicyclic) bond motifs is 7. The molecule has 3 aromatic carbocycles. The summed E-state index contributed by atoms with van der Waals surface area (Å²) in [4.78, 5) is 0. The summed E-state index contributed by atoms with van der Waals surface area (Å²) in [5, 5.41) is 4.34. The molecule has 38 heavy (non-hydrogen) atoms. The lowest BCUT2D eigenvalue weighted by molar-refractivity contribution is 0.633. The molecule has 0 saturated heterocycles. The molecule has 2 nitrogen and oxygen atoms in total. The van der Waals surface area contributed by atoms with Gasteiger partial charge in [-0.15, -0.1) is 0 Å². The monoisotopic (exact) mass is 502 g/mol. The second-order valence-corrected chi connectivity index (χ2v) is 10.4. The lowest BCUT2D eigenvalue weighted by atomic mass is 10.1. The second-order valence-electron chi connectivity index (χ2n) is 10.4. The number of unbranched alkanes of at least 4 members (excludes halogenated alkanes) is 10. The van der Waals surface area contributed by atoms with Crippen LogP contribution in [0.3, 0.4) is 0 Å². The van der Waals surface area contributed by atoms with Crippen LogP contribution < -0.4 is 0 Å². The molecule has 0 spiro atoms. The zero-order valence-corrected chi connectivity index (χ0v) is 22.9. The van der Waals surface area contributed by atoms with Crippen LogP contribution in [0.4, 0.5) is 0 Å². The zero-order valence-electron chi connectivity index (χ0n) is 22.9. The number of hydrogen-bond acceptors (Lipinski definition) is 2. The van der Waals surface area contributed by atoms with Gasteiger partial charge in [0.2, 0.25) is 0 Å². The predicted octanol–water partition coefficient (Wildman–Crippen LogP) is 10.9. The highest BCUT2D eigenvalue weighted by atomic mass is 16.4. The molecule has 5 rings (SSSR count). The summed E-state index contributed by atoms with van der Waals surface area (Å²) in [6, 6.07) is 16.8. The molecule has 0 unspecified atom stereocenters. The van der Waals surface area contributed by atoms with Gasteiger partial charge in [-0.25, -0.2) is 0 Å². The molecule has 2 heteroatoms. The molecule has 0 bridgehead atoms. The van der Waals surface area contributed by atoms with E-state index in [-0.39, 0.29) is 0 Å². The van der Waals surface area contributed by atoms with Crippen LogP contribution in [0.2, 0.25) is 0 Å². The number of furan rings is 2. The highest BCUT2D eigenvalue weighted by Crippen LogP contribution is 2.38. The van der Waals surface area contributed by atoms with Gasteiger partial charge in [-0.2, -0.15) is 0 Å². The first kappa shape index (κ1) is 26.0. The van der Waals surface area contributed by atoms with Crippen molar-refractivity contribution in [2.75, 3.05) is 0 Å². The SMILES string of the molecule is CCCCCCCC#Cc1ccc2c(c1)oc1c2ccc2c3ccc(C#CCCCCCCC)cc3oc21. The van der Waals surface area contributed by atoms with Crippen molar-refractivity contribution in [2.24, 2.45) is 0 Å². The van der Waals surface area contributed by atoms with Gasteiger partial charge in [0, 0.05) is 45.5 Å². The third kappa shape index (κ3) is 5.92. The second kappa shape index (κ2) is 12.8. The molecule has 2 aromatic heterocycles. The molecule has 5 aromatic rings. The van der Waals surface area contributed by atoms with Crippen LogP contribution in [0.1, 0.15) is 102 Å². The Balaban J connectivity index is 1.36. The molecular formula is C36H38O2. The normalized spacial score (nSPS) is 11.2. The molecule has 0 aliphatic rings. The Kier molecular flexibility index (Phi) is 8.73. The molecule has 0 N–H and O–H groups in total. The highest BCUT2D eigenvalue weighted by molar-refractivity contribution is 6.18. The largest absolute Gasteiger partial charge is 0.452 e. The Morgan fingerprint density at radius 1 is 0.500 bits per heavy atom. The topological polar surface area (TPSA) is 26.3 Å². The van der Waals surface area contributed by atoms with Crippen LogP contribution >= 0.6 is 0 Å². The number of rotatable bonds is 10. The summed E-state index contributed by atoms with van der Waals surface area (Å²) >= 11 is 0. The quantitative estimate of drug-likeness (QED) is 0.140. The third-order valence-corrected chi connectivity index (χ3v) is 7.36. The van der Waals surface area contributed by atoms with Gasteiger partial charge in [-0.05, 0) is 61.4 Å². The van der Waals surface area contributed by atoms with Crippen LogP contribution in [0.5, 0.6) is 0 Å². The summed E-state index contributed by atoms with van der Waals surface area (Å²) < 4.78 is 12.7. The molecular weight excluding hydrogens is 464 g/mol. The first-order valence-electron chi connectivity index (χ1n) is 14.6. The van der Waals surface area contributed by atoms with Crippen LogP contribution in [-0.2, 0) is 0 Å². The van der Waals surface area contributed by atoms with E-state index in [0.717, 1.165) is 67.8 Å². The summed E-state index contributed by atoms with van der Waals surface area (Å²) in [5.74, 6) is 13.3. The Labute approximate surface area is 226 Å². The Morgan fingerprint density at radius 3 is 1.37 bits per heavy atom. The van der Waals surface area contributed by atoms with E-state index in [1.807, 2.05) is 0 Å². The third-order valence-electron chi connectivity index (χ3n) is 7.36. The Morgan fingerprint density at radius 2 is 0.921 bits per heavy atom. The summed E-state index contributed by atoms with van der Waals surface area (Å²) in [7, 11) is 0. The molecule has 2 heterocycles. The van der Waals surface area contributed by atoms with Crippen LogP contribution in [-0.4, -0.2) is 0 Å². The van der Waals surface area contributed by atoms with Gasteiger partial charge in [-0.1, -0.05) is 88.9 Å². The van der Waals surface area contributed by atoms with Gasteiger partial charge in [0.15, 0.2) is 11.2 Å². The average Bonchev–Trinajstić information content (AvgIpc) is 3.49. The van der Waals surface area contributed by atoms with Crippen molar-refractivity contribution in [3.05, 3.63) is 59.7 Å². The van der Waals surface area contributed by atoms with Crippen LogP contribution in [0, 0.1) is 23.7 Å². The average molecular weight is 503 g/mol. The molecule has 0 aliphatic heterocycles. The molecule has 0 atom stereocenters. The van der Waals surface area contributed by atoms with E-state index in [2.05, 4.69) is 86.1 Å². The molecule has 0 saturated carbocycles. The van der Waals surface area contributed by atoms with E-state index < -0.39 is 0 Å². The van der Waals surface area contributed by atoms with Crippen molar-refractivity contribution in [2.45, 2.75) is 90.9 Å². The summed E-state index contributed by atoms with van der Waals surface area (Å²) in [6.45, 7) is 4.49. The minimum Gasteiger partial charge on any atom is -0.452 e. The van der Waals surface area contributed by atoms with Gasteiger partial charge in [0.1, 0.15) is 11.2 Å². The van der Waals surface area contributed by atoms with Crippen molar-refractivity contribution in [1.29, 1.82) is 0 Å². The van der Waals surface area contributed by atoms with E-state index in [9.17, 15) is 0 Å². The fraction of sp³-hybridized carbons (Fsp3) is 0.389. The molecule has 194 valence electrons. The van der Waals surface area contributed by atoms with Crippen molar-refractivity contribution in [3.63, 3.8) is 0 Å². The molecule has 0 aliphatic carbocycles. The van der Waals surface area contributed by atoms with Crippen molar-refractivity contribution < 1.29 is 8.83 Å². The van der Waals surface area contributed by atoms with Gasteiger partial charge in [0.05, 0.1) is 0 Å². The zero-order chi connectivity index (χ0) is 26.2. The predicted molar refractivity (Wildman–Crippen MR) is 162 cm³/mol. The highest BCUT2D eigenvalue weighted by Gasteiger charge is 2.16. The van der Waals surface area contributed by atoms with Gasteiger partial charge < -0.3 is 8.83 Å². The first-order chi connectivity index (χ1) is 18.8. The van der Waals surface area contributed by atoms with E-state index >= 15 is 0 Å². The summed E-state index contributed by atoms with van der Waals surface area (Å²) in [6.07, 6.45) is 14.6. The Bertz CT molecular complexity index is 1530. The molecule has 0 amide bonds. The number of hydrogen-bond donors (Lipinski definition) is 0. The maximum absolute atomic E-state index is 6.37. The molecule has 0 radical (unpaired) electrons. The van der Waals surface area contributed by atoms with Gasteiger partial charge >= 0.3 is 0 Å². The van der Waals surface area contributed by atoms with E-state index in [1.54, 1.807) is 0 Å². The lowest BCUT2D eigenvalue weighted by Gasteiger charge is -1.95. The number of benzene rings is 3. The van der Waals surface area contributed by atoms with Crippen molar-refractivity contribution >= 4 is 43.9 Å². The smallest absolute Gasteiger partial charge is 0.178 e. The maximum Gasteiger partial charge on any atom is 0.178 e. The van der Waals surface area contributed by atoms with Crippen LogP contribution in [0.15, 0.2) is 57.4 Å².